The molecule has 100 valence electrons. The SMILES string of the molecule is Cc1cc(CNc2nnc(C)c(C)c2C(N)=S)no1. The summed E-state index contributed by atoms with van der Waals surface area (Å²) in [6.07, 6.45) is 0. The number of nitrogens with two attached hydrogens (primary N) is 1. The van der Waals surface area contributed by atoms with Crippen molar-refractivity contribution in [3.63, 3.8) is 0 Å². The molecule has 0 unspecified atom stereocenters. The van der Waals surface area contributed by atoms with Crippen LogP contribution in [-0.4, -0.2) is 20.3 Å². The molecule has 0 saturated carbocycles. The summed E-state index contributed by atoms with van der Waals surface area (Å²) in [6, 6.07) is 1.85. The number of aryl methyl sites for hydroxylation is 2. The highest BCUT2D eigenvalue weighted by atomic mass is 32.1. The maximum atomic E-state index is 5.75. The molecule has 0 fully saturated rings. The summed E-state index contributed by atoms with van der Waals surface area (Å²) in [6.45, 7) is 6.11. The van der Waals surface area contributed by atoms with E-state index in [1.165, 1.54) is 0 Å². The zero-order chi connectivity index (χ0) is 14.0. The van der Waals surface area contributed by atoms with E-state index in [4.69, 9.17) is 22.5 Å². The lowest BCUT2D eigenvalue weighted by molar-refractivity contribution is 0.391. The van der Waals surface area contributed by atoms with Gasteiger partial charge in [0.05, 0.1) is 17.8 Å². The van der Waals surface area contributed by atoms with Crippen LogP contribution < -0.4 is 11.1 Å². The molecule has 2 rings (SSSR count). The van der Waals surface area contributed by atoms with Crippen molar-refractivity contribution in [2.24, 2.45) is 5.73 Å². The molecule has 0 amide bonds. The molecule has 0 aliphatic carbocycles. The van der Waals surface area contributed by atoms with Gasteiger partial charge in [-0.25, -0.2) is 0 Å². The van der Waals surface area contributed by atoms with Crippen LogP contribution in [-0.2, 0) is 6.54 Å². The van der Waals surface area contributed by atoms with E-state index >= 15 is 0 Å². The summed E-state index contributed by atoms with van der Waals surface area (Å²) in [4.78, 5) is 0.300. The highest BCUT2D eigenvalue weighted by Crippen LogP contribution is 2.18. The van der Waals surface area contributed by atoms with Crippen LogP contribution in [0.3, 0.4) is 0 Å². The molecule has 2 heterocycles. The van der Waals surface area contributed by atoms with Crippen LogP contribution >= 0.6 is 12.2 Å². The molecule has 3 N–H and O–H groups in total. The summed E-state index contributed by atoms with van der Waals surface area (Å²) in [5.74, 6) is 1.33. The van der Waals surface area contributed by atoms with Gasteiger partial charge in [-0.1, -0.05) is 17.4 Å². The van der Waals surface area contributed by atoms with Crippen molar-refractivity contribution in [3.8, 4) is 0 Å². The Morgan fingerprint density at radius 2 is 2.11 bits per heavy atom. The number of nitrogens with one attached hydrogen (secondary N) is 1. The Labute approximate surface area is 116 Å². The average molecular weight is 277 g/mol. The second-order valence-corrected chi connectivity index (χ2v) is 4.72. The maximum Gasteiger partial charge on any atom is 0.159 e. The molecule has 0 bridgehead atoms. The normalized spacial score (nSPS) is 10.5. The van der Waals surface area contributed by atoms with Crippen LogP contribution in [0, 0.1) is 20.8 Å². The molecule has 6 nitrogen and oxygen atoms in total. The third-order valence-electron chi connectivity index (χ3n) is 2.81. The Balaban J connectivity index is 2.25. The lowest BCUT2D eigenvalue weighted by Crippen LogP contribution is -2.18. The maximum absolute atomic E-state index is 5.75. The van der Waals surface area contributed by atoms with Gasteiger partial charge in [-0.3, -0.25) is 0 Å². The Morgan fingerprint density at radius 3 is 2.68 bits per heavy atom. The number of anilines is 1. The van der Waals surface area contributed by atoms with Crippen LogP contribution in [0.4, 0.5) is 5.82 Å². The third kappa shape index (κ3) is 2.87. The Bertz CT molecular complexity index is 623. The molecule has 0 saturated heterocycles. The van der Waals surface area contributed by atoms with Crippen molar-refractivity contribution in [3.05, 3.63) is 34.3 Å². The fourth-order valence-electron chi connectivity index (χ4n) is 1.71. The van der Waals surface area contributed by atoms with Crippen molar-refractivity contribution < 1.29 is 4.52 Å². The van der Waals surface area contributed by atoms with Gasteiger partial charge in [-0.2, -0.15) is 5.10 Å². The zero-order valence-electron chi connectivity index (χ0n) is 11.0. The van der Waals surface area contributed by atoms with E-state index in [1.807, 2.05) is 26.8 Å². The molecule has 0 atom stereocenters. The molecule has 19 heavy (non-hydrogen) atoms. The summed E-state index contributed by atoms with van der Waals surface area (Å²) >= 11 is 5.07. The molecule has 2 aromatic heterocycles. The summed E-state index contributed by atoms with van der Waals surface area (Å²) in [5.41, 5.74) is 9.00. The van der Waals surface area contributed by atoms with Crippen molar-refractivity contribution in [2.75, 3.05) is 5.32 Å². The fourth-order valence-corrected chi connectivity index (χ4v) is 1.96. The van der Waals surface area contributed by atoms with Gasteiger partial charge in [0.2, 0.25) is 0 Å². The average Bonchev–Trinajstić information content (AvgIpc) is 2.76. The number of rotatable bonds is 4. The molecule has 0 aliphatic heterocycles. The number of aromatic nitrogens is 3. The molecular weight excluding hydrogens is 262 g/mol. The first-order valence-electron chi connectivity index (χ1n) is 5.78. The van der Waals surface area contributed by atoms with Gasteiger partial charge >= 0.3 is 0 Å². The number of hydrogen-bond acceptors (Lipinski definition) is 6. The van der Waals surface area contributed by atoms with Gasteiger partial charge < -0.3 is 15.6 Å². The molecule has 0 spiro atoms. The topological polar surface area (TPSA) is 89.9 Å². The van der Waals surface area contributed by atoms with Crippen molar-refractivity contribution >= 4 is 23.0 Å². The number of thiocarbonyl (C=S) groups is 1. The summed E-state index contributed by atoms with van der Waals surface area (Å²) in [7, 11) is 0. The van der Waals surface area contributed by atoms with E-state index in [0.717, 1.165) is 28.3 Å². The Hall–Kier alpha value is -2.02. The molecule has 0 aliphatic rings. The highest BCUT2D eigenvalue weighted by molar-refractivity contribution is 7.80. The smallest absolute Gasteiger partial charge is 0.159 e. The largest absolute Gasteiger partial charge is 0.389 e. The summed E-state index contributed by atoms with van der Waals surface area (Å²) < 4.78 is 5.00. The van der Waals surface area contributed by atoms with E-state index in [2.05, 4.69) is 20.7 Å². The van der Waals surface area contributed by atoms with Crippen molar-refractivity contribution in [1.29, 1.82) is 0 Å². The van der Waals surface area contributed by atoms with E-state index < -0.39 is 0 Å². The second kappa shape index (κ2) is 5.31. The molecule has 0 aromatic carbocycles. The minimum Gasteiger partial charge on any atom is -0.389 e. The van der Waals surface area contributed by atoms with Crippen LogP contribution in [0.1, 0.15) is 28.3 Å². The first kappa shape index (κ1) is 13.4. The molecule has 2 aromatic rings. The van der Waals surface area contributed by atoms with Gasteiger partial charge in [0.25, 0.3) is 0 Å². The van der Waals surface area contributed by atoms with E-state index in [9.17, 15) is 0 Å². The van der Waals surface area contributed by atoms with E-state index in [0.29, 0.717) is 17.4 Å². The third-order valence-corrected chi connectivity index (χ3v) is 3.02. The van der Waals surface area contributed by atoms with Gasteiger partial charge in [-0.15, -0.1) is 5.10 Å². The first-order valence-corrected chi connectivity index (χ1v) is 6.19. The molecular formula is C12H15N5OS. The highest BCUT2D eigenvalue weighted by Gasteiger charge is 2.13. The lowest BCUT2D eigenvalue weighted by atomic mass is 10.1. The van der Waals surface area contributed by atoms with E-state index in [-0.39, 0.29) is 0 Å². The minimum absolute atomic E-state index is 0.300. The molecule has 7 heteroatoms. The van der Waals surface area contributed by atoms with Crippen LogP contribution in [0.15, 0.2) is 10.6 Å². The standard InChI is InChI=1S/C12H15N5OS/c1-6-4-9(17-18-6)5-14-12-10(11(13)19)7(2)8(3)15-16-12/h4H,5H2,1-3H3,(H2,13,19)(H,14,16). The zero-order valence-corrected chi connectivity index (χ0v) is 11.8. The fraction of sp³-hybridized carbons (Fsp3) is 0.333. The lowest BCUT2D eigenvalue weighted by Gasteiger charge is -2.12. The van der Waals surface area contributed by atoms with Gasteiger partial charge in [0.1, 0.15) is 16.4 Å². The first-order chi connectivity index (χ1) is 8.99. The van der Waals surface area contributed by atoms with Crippen molar-refractivity contribution in [2.45, 2.75) is 27.3 Å². The Kier molecular flexibility index (Phi) is 3.75. The number of nitrogens with zero attached hydrogens (tertiary/aromatic N) is 3. The summed E-state index contributed by atoms with van der Waals surface area (Å²) in [5, 5.41) is 15.2. The van der Waals surface area contributed by atoms with Crippen LogP contribution in [0.5, 0.6) is 0 Å². The van der Waals surface area contributed by atoms with Gasteiger partial charge in [-0.05, 0) is 26.3 Å². The van der Waals surface area contributed by atoms with E-state index in [1.54, 1.807) is 0 Å². The molecule has 0 radical (unpaired) electrons. The minimum atomic E-state index is 0.300. The Morgan fingerprint density at radius 1 is 1.37 bits per heavy atom. The predicted molar refractivity (Wildman–Crippen MR) is 76.0 cm³/mol. The van der Waals surface area contributed by atoms with Crippen LogP contribution in [0.2, 0.25) is 0 Å². The predicted octanol–water partition coefficient (Wildman–Crippen LogP) is 1.64. The van der Waals surface area contributed by atoms with Gasteiger partial charge in [0, 0.05) is 6.07 Å². The van der Waals surface area contributed by atoms with Gasteiger partial charge in [0.15, 0.2) is 5.82 Å². The van der Waals surface area contributed by atoms with Crippen molar-refractivity contribution in [1.82, 2.24) is 15.4 Å². The second-order valence-electron chi connectivity index (χ2n) is 4.28. The number of hydrogen-bond donors (Lipinski definition) is 2. The monoisotopic (exact) mass is 277 g/mol. The van der Waals surface area contributed by atoms with Crippen LogP contribution in [0.25, 0.3) is 0 Å². The quantitative estimate of drug-likeness (QED) is 0.821.